The molecule has 1 aromatic carbocycles. The molecule has 3 N–H and O–H groups in total. The molecule has 1 aliphatic carbocycles. The van der Waals surface area contributed by atoms with E-state index in [9.17, 15) is 13.2 Å². The zero-order valence-electron chi connectivity index (χ0n) is 14.5. The van der Waals surface area contributed by atoms with Crippen LogP contribution in [0.25, 0.3) is 0 Å². The van der Waals surface area contributed by atoms with Gasteiger partial charge in [-0.15, -0.1) is 0 Å². The molecule has 2 aliphatic rings. The number of piperidine rings is 1. The summed E-state index contributed by atoms with van der Waals surface area (Å²) in [5, 5.41) is 2.82. The van der Waals surface area contributed by atoms with Crippen LogP contribution in [0.5, 0.6) is 0 Å². The van der Waals surface area contributed by atoms with Crippen molar-refractivity contribution >= 4 is 15.9 Å². The van der Waals surface area contributed by atoms with Crippen molar-refractivity contribution in [3.63, 3.8) is 0 Å². The summed E-state index contributed by atoms with van der Waals surface area (Å²) in [6, 6.07) is 5.35. The Hall–Kier alpha value is -1.44. The molecule has 3 rings (SSSR count). The van der Waals surface area contributed by atoms with E-state index in [1.54, 1.807) is 10.4 Å². The number of hydrogen-bond acceptors (Lipinski definition) is 4. The van der Waals surface area contributed by atoms with Gasteiger partial charge in [-0.05, 0) is 55.4 Å². The quantitative estimate of drug-likeness (QED) is 0.792. The third kappa shape index (κ3) is 4.04. The Labute approximate surface area is 149 Å². The number of sulfonamides is 1. The van der Waals surface area contributed by atoms with Gasteiger partial charge in [0.25, 0.3) is 0 Å². The third-order valence-electron chi connectivity index (χ3n) is 5.16. The van der Waals surface area contributed by atoms with Crippen LogP contribution in [0.15, 0.2) is 23.1 Å². The van der Waals surface area contributed by atoms with Gasteiger partial charge in [-0.2, -0.15) is 4.31 Å². The fourth-order valence-electron chi connectivity index (χ4n) is 3.79. The van der Waals surface area contributed by atoms with Crippen LogP contribution in [-0.2, 0) is 27.7 Å². The molecular weight excluding hydrogens is 338 g/mol. The monoisotopic (exact) mass is 365 g/mol. The summed E-state index contributed by atoms with van der Waals surface area (Å²) >= 11 is 0. The van der Waals surface area contributed by atoms with Crippen LogP contribution >= 0.6 is 0 Å². The van der Waals surface area contributed by atoms with E-state index in [0.29, 0.717) is 24.5 Å². The topological polar surface area (TPSA) is 92.5 Å². The van der Waals surface area contributed by atoms with Gasteiger partial charge in [0.1, 0.15) is 0 Å². The highest BCUT2D eigenvalue weighted by molar-refractivity contribution is 7.89. The normalized spacial score (nSPS) is 21.1. The molecule has 25 heavy (non-hydrogen) atoms. The van der Waals surface area contributed by atoms with E-state index in [1.165, 1.54) is 5.56 Å². The molecule has 0 radical (unpaired) electrons. The average Bonchev–Trinajstić information content (AvgIpc) is 3.08. The van der Waals surface area contributed by atoms with E-state index in [0.717, 1.165) is 44.1 Å². The first-order valence-electron chi connectivity index (χ1n) is 9.13. The number of rotatable bonds is 6. The molecule has 1 aromatic rings. The maximum atomic E-state index is 13.2. The van der Waals surface area contributed by atoms with Crippen LogP contribution in [0.3, 0.4) is 0 Å². The SMILES string of the molecule is NCCC(=O)NCC1CCCCN1S(=O)(=O)c1ccc2c(c1)CCC2. The minimum atomic E-state index is -3.54. The summed E-state index contributed by atoms with van der Waals surface area (Å²) in [5.74, 6) is -0.122. The first-order valence-corrected chi connectivity index (χ1v) is 10.6. The predicted octanol–water partition coefficient (Wildman–Crippen LogP) is 1.18. The van der Waals surface area contributed by atoms with Crippen molar-refractivity contribution in [2.24, 2.45) is 5.73 Å². The molecule has 1 fully saturated rings. The Kier molecular flexibility index (Phi) is 5.76. The number of aryl methyl sites for hydroxylation is 2. The Morgan fingerprint density at radius 1 is 1.20 bits per heavy atom. The van der Waals surface area contributed by atoms with Gasteiger partial charge >= 0.3 is 0 Å². The van der Waals surface area contributed by atoms with Gasteiger partial charge < -0.3 is 11.1 Å². The van der Waals surface area contributed by atoms with Crippen LogP contribution in [-0.4, -0.2) is 44.3 Å². The van der Waals surface area contributed by atoms with Crippen molar-refractivity contribution in [3.8, 4) is 0 Å². The molecule has 0 bridgehead atoms. The molecule has 1 amide bonds. The molecule has 1 aliphatic heterocycles. The molecule has 0 aromatic heterocycles. The fourth-order valence-corrected chi connectivity index (χ4v) is 5.53. The van der Waals surface area contributed by atoms with Crippen molar-refractivity contribution in [1.82, 2.24) is 9.62 Å². The van der Waals surface area contributed by atoms with Crippen LogP contribution in [0, 0.1) is 0 Å². The van der Waals surface area contributed by atoms with Crippen LogP contribution < -0.4 is 11.1 Å². The number of nitrogens with one attached hydrogen (secondary N) is 1. The lowest BCUT2D eigenvalue weighted by molar-refractivity contribution is -0.121. The lowest BCUT2D eigenvalue weighted by Gasteiger charge is -2.34. The van der Waals surface area contributed by atoms with Crippen molar-refractivity contribution in [2.45, 2.75) is 55.9 Å². The van der Waals surface area contributed by atoms with E-state index >= 15 is 0 Å². The highest BCUT2D eigenvalue weighted by atomic mass is 32.2. The highest BCUT2D eigenvalue weighted by Gasteiger charge is 2.34. The Morgan fingerprint density at radius 2 is 2.00 bits per heavy atom. The molecule has 0 spiro atoms. The molecular formula is C18H27N3O3S. The molecule has 7 heteroatoms. The van der Waals surface area contributed by atoms with Crippen molar-refractivity contribution in [3.05, 3.63) is 29.3 Å². The van der Waals surface area contributed by atoms with Gasteiger partial charge in [0, 0.05) is 32.1 Å². The van der Waals surface area contributed by atoms with Crippen LogP contribution in [0.1, 0.15) is 43.2 Å². The highest BCUT2D eigenvalue weighted by Crippen LogP contribution is 2.29. The van der Waals surface area contributed by atoms with Crippen molar-refractivity contribution in [1.29, 1.82) is 0 Å². The zero-order valence-corrected chi connectivity index (χ0v) is 15.4. The van der Waals surface area contributed by atoms with Crippen LogP contribution in [0.2, 0.25) is 0 Å². The molecule has 1 saturated heterocycles. The summed E-state index contributed by atoms with van der Waals surface area (Å²) in [7, 11) is -3.54. The lowest BCUT2D eigenvalue weighted by Crippen LogP contribution is -2.49. The Balaban J connectivity index is 1.77. The molecule has 1 heterocycles. The van der Waals surface area contributed by atoms with Gasteiger partial charge in [0.2, 0.25) is 15.9 Å². The number of benzene rings is 1. The standard InChI is InChI=1S/C18H27N3O3S/c19-10-9-18(22)20-13-16-6-1-2-11-21(16)25(23,24)17-8-7-14-4-3-5-15(14)12-17/h7-8,12,16H,1-6,9-11,13,19H2,(H,20,22). The minimum absolute atomic E-state index is 0.122. The number of carbonyl (C=O) groups is 1. The summed E-state index contributed by atoms with van der Waals surface area (Å²) < 4.78 is 27.9. The van der Waals surface area contributed by atoms with Gasteiger partial charge in [-0.3, -0.25) is 4.79 Å². The van der Waals surface area contributed by atoms with E-state index in [2.05, 4.69) is 5.32 Å². The number of carbonyl (C=O) groups excluding carboxylic acids is 1. The zero-order chi connectivity index (χ0) is 17.9. The van der Waals surface area contributed by atoms with E-state index in [4.69, 9.17) is 5.73 Å². The van der Waals surface area contributed by atoms with Crippen molar-refractivity contribution in [2.75, 3.05) is 19.6 Å². The Bertz CT molecular complexity index is 733. The summed E-state index contributed by atoms with van der Waals surface area (Å²) in [4.78, 5) is 12.1. The largest absolute Gasteiger partial charge is 0.354 e. The van der Waals surface area contributed by atoms with E-state index in [-0.39, 0.29) is 18.4 Å². The van der Waals surface area contributed by atoms with Crippen molar-refractivity contribution < 1.29 is 13.2 Å². The van der Waals surface area contributed by atoms with Gasteiger partial charge in [-0.25, -0.2) is 8.42 Å². The predicted molar refractivity (Wildman–Crippen MR) is 96.7 cm³/mol. The molecule has 1 atom stereocenters. The smallest absolute Gasteiger partial charge is 0.243 e. The number of hydrogen-bond donors (Lipinski definition) is 2. The van der Waals surface area contributed by atoms with E-state index in [1.807, 2.05) is 12.1 Å². The maximum absolute atomic E-state index is 13.2. The Morgan fingerprint density at radius 3 is 2.80 bits per heavy atom. The first-order chi connectivity index (χ1) is 12.0. The maximum Gasteiger partial charge on any atom is 0.243 e. The molecule has 6 nitrogen and oxygen atoms in total. The molecule has 0 saturated carbocycles. The second-order valence-electron chi connectivity index (χ2n) is 6.89. The fraction of sp³-hybridized carbons (Fsp3) is 0.611. The minimum Gasteiger partial charge on any atom is -0.354 e. The van der Waals surface area contributed by atoms with Gasteiger partial charge in [-0.1, -0.05) is 12.5 Å². The molecule has 138 valence electrons. The average molecular weight is 365 g/mol. The molecule has 1 unspecified atom stereocenters. The number of nitrogens with two attached hydrogens (primary N) is 1. The summed E-state index contributed by atoms with van der Waals surface area (Å²) in [6.07, 6.45) is 5.97. The first kappa shape index (κ1) is 18.4. The second kappa shape index (κ2) is 7.85. The summed E-state index contributed by atoms with van der Waals surface area (Å²) in [6.45, 7) is 1.16. The van der Waals surface area contributed by atoms with E-state index < -0.39 is 10.0 Å². The number of amides is 1. The number of fused-ring (bicyclic) bond motifs is 1. The summed E-state index contributed by atoms with van der Waals surface area (Å²) in [5.41, 5.74) is 7.81. The lowest BCUT2D eigenvalue weighted by atomic mass is 10.1. The number of nitrogens with zero attached hydrogens (tertiary/aromatic N) is 1. The van der Waals surface area contributed by atoms with Crippen LogP contribution in [0.4, 0.5) is 0 Å². The second-order valence-corrected chi connectivity index (χ2v) is 8.78. The van der Waals surface area contributed by atoms with Gasteiger partial charge in [0.05, 0.1) is 4.90 Å². The van der Waals surface area contributed by atoms with Gasteiger partial charge in [0.15, 0.2) is 0 Å². The third-order valence-corrected chi connectivity index (χ3v) is 7.10.